The first-order chi connectivity index (χ1) is 8.04. The van der Waals surface area contributed by atoms with Gasteiger partial charge in [0, 0.05) is 9.75 Å². The van der Waals surface area contributed by atoms with E-state index >= 15 is 0 Å². The molecule has 0 saturated heterocycles. The highest BCUT2D eigenvalue weighted by Crippen LogP contribution is 2.28. The molecule has 4 nitrogen and oxygen atoms in total. The maximum Gasteiger partial charge on any atom is 0.333 e. The summed E-state index contributed by atoms with van der Waals surface area (Å²) >= 11 is 1.48. The number of benzene rings is 1. The van der Waals surface area contributed by atoms with Crippen LogP contribution in [0.4, 0.5) is 0 Å². The van der Waals surface area contributed by atoms with E-state index in [0.717, 1.165) is 15.3 Å². The van der Waals surface area contributed by atoms with Crippen molar-refractivity contribution < 1.29 is 12.6 Å². The topological polar surface area (TPSA) is 69.4 Å². The molecule has 17 heavy (non-hydrogen) atoms. The highest BCUT2D eigenvalue weighted by molar-refractivity contribution is 7.84. The molecule has 0 aliphatic carbocycles. The van der Waals surface area contributed by atoms with Crippen LogP contribution in [0.3, 0.4) is 0 Å². The Labute approximate surface area is 104 Å². The number of thiophene rings is 1. The molecule has 0 bridgehead atoms. The first kappa shape index (κ1) is 12.3. The van der Waals surface area contributed by atoms with Gasteiger partial charge in [-0.15, -0.1) is 11.3 Å². The zero-order valence-corrected chi connectivity index (χ0v) is 10.5. The highest BCUT2D eigenvalue weighted by Gasteiger charge is 2.06. The van der Waals surface area contributed by atoms with E-state index in [1.165, 1.54) is 11.3 Å². The second-order valence-corrected chi connectivity index (χ2v) is 5.78. The van der Waals surface area contributed by atoms with Gasteiger partial charge in [-0.1, -0.05) is 30.3 Å². The minimum Gasteiger partial charge on any atom is -0.253 e. The largest absolute Gasteiger partial charge is 0.333 e. The van der Waals surface area contributed by atoms with Crippen molar-refractivity contribution >= 4 is 21.6 Å². The number of nitrogens with two attached hydrogens (primary N) is 1. The third kappa shape index (κ3) is 3.64. The van der Waals surface area contributed by atoms with Gasteiger partial charge in [-0.05, 0) is 17.7 Å². The average Bonchev–Trinajstić information content (AvgIpc) is 2.75. The lowest BCUT2D eigenvalue weighted by Crippen LogP contribution is -2.15. The molecule has 1 heterocycles. The molecule has 0 fully saturated rings. The Morgan fingerprint density at radius 3 is 2.47 bits per heavy atom. The van der Waals surface area contributed by atoms with Crippen molar-refractivity contribution in [3.8, 4) is 10.4 Å². The first-order valence-electron chi connectivity index (χ1n) is 4.86. The quantitative estimate of drug-likeness (QED) is 0.924. The van der Waals surface area contributed by atoms with Gasteiger partial charge in [-0.2, -0.15) is 8.42 Å². The third-order valence-electron chi connectivity index (χ3n) is 2.09. The van der Waals surface area contributed by atoms with E-state index in [4.69, 9.17) is 5.14 Å². The Morgan fingerprint density at radius 1 is 1.12 bits per heavy atom. The van der Waals surface area contributed by atoms with Crippen LogP contribution in [0.1, 0.15) is 4.88 Å². The summed E-state index contributed by atoms with van der Waals surface area (Å²) in [6, 6.07) is 13.6. The summed E-state index contributed by atoms with van der Waals surface area (Å²) in [5, 5.41) is 4.76. The van der Waals surface area contributed by atoms with Gasteiger partial charge in [0.1, 0.15) is 6.61 Å². The van der Waals surface area contributed by atoms with Gasteiger partial charge in [-0.25, -0.2) is 5.14 Å². The molecule has 0 aliphatic heterocycles. The third-order valence-corrected chi connectivity index (χ3v) is 3.64. The SMILES string of the molecule is NS(=O)(=O)OCc1ccc(-c2ccccc2)s1. The predicted octanol–water partition coefficient (Wildman–Crippen LogP) is 2.14. The Morgan fingerprint density at radius 2 is 1.82 bits per heavy atom. The maximum absolute atomic E-state index is 10.6. The van der Waals surface area contributed by atoms with E-state index in [-0.39, 0.29) is 6.61 Å². The summed E-state index contributed by atoms with van der Waals surface area (Å²) in [5.74, 6) is 0. The average molecular weight is 269 g/mol. The minimum absolute atomic E-state index is 0.0175. The molecule has 1 aromatic carbocycles. The van der Waals surface area contributed by atoms with E-state index < -0.39 is 10.3 Å². The number of hydrogen-bond donors (Lipinski definition) is 1. The Kier molecular flexibility index (Phi) is 3.58. The van der Waals surface area contributed by atoms with Crippen molar-refractivity contribution in [2.75, 3.05) is 0 Å². The van der Waals surface area contributed by atoms with Crippen LogP contribution < -0.4 is 5.14 Å². The van der Waals surface area contributed by atoms with Crippen LogP contribution in [-0.2, 0) is 21.1 Å². The molecule has 0 saturated carbocycles. The molecule has 2 N–H and O–H groups in total. The maximum atomic E-state index is 10.6. The van der Waals surface area contributed by atoms with E-state index in [1.54, 1.807) is 0 Å². The fraction of sp³-hybridized carbons (Fsp3) is 0.0909. The second kappa shape index (κ2) is 4.97. The van der Waals surface area contributed by atoms with Crippen LogP contribution >= 0.6 is 11.3 Å². The number of hydrogen-bond acceptors (Lipinski definition) is 4. The van der Waals surface area contributed by atoms with Crippen molar-refractivity contribution in [3.05, 3.63) is 47.3 Å². The molecular formula is C11H11NO3S2. The van der Waals surface area contributed by atoms with E-state index in [0.29, 0.717) is 0 Å². The summed E-state index contributed by atoms with van der Waals surface area (Å²) in [6.07, 6.45) is 0. The van der Waals surface area contributed by atoms with Crippen LogP contribution in [0.2, 0.25) is 0 Å². The molecule has 2 aromatic rings. The Balaban J connectivity index is 2.12. The van der Waals surface area contributed by atoms with Crippen LogP contribution in [0.5, 0.6) is 0 Å². The summed E-state index contributed by atoms with van der Waals surface area (Å²) in [6.45, 7) is -0.0175. The van der Waals surface area contributed by atoms with Crippen LogP contribution in [0.15, 0.2) is 42.5 Å². The lowest BCUT2D eigenvalue weighted by atomic mass is 10.2. The van der Waals surface area contributed by atoms with Crippen molar-refractivity contribution in [3.63, 3.8) is 0 Å². The summed E-state index contributed by atoms with van der Waals surface area (Å²) in [7, 11) is -3.87. The molecule has 1 aromatic heterocycles. The molecule has 6 heteroatoms. The molecule has 0 spiro atoms. The molecule has 0 atom stereocenters. The zero-order valence-electron chi connectivity index (χ0n) is 8.87. The molecule has 0 unspecified atom stereocenters. The van der Waals surface area contributed by atoms with Gasteiger partial charge >= 0.3 is 10.3 Å². The van der Waals surface area contributed by atoms with Gasteiger partial charge in [0.05, 0.1) is 0 Å². The van der Waals surface area contributed by atoms with E-state index in [2.05, 4.69) is 4.18 Å². The number of rotatable bonds is 4. The fourth-order valence-electron chi connectivity index (χ4n) is 1.35. The van der Waals surface area contributed by atoms with E-state index in [9.17, 15) is 8.42 Å². The van der Waals surface area contributed by atoms with Crippen LogP contribution in [0.25, 0.3) is 10.4 Å². The fourth-order valence-corrected chi connectivity index (χ4v) is 2.65. The van der Waals surface area contributed by atoms with Crippen LogP contribution in [0, 0.1) is 0 Å². The molecule has 0 radical (unpaired) electrons. The second-order valence-electron chi connectivity index (χ2n) is 3.39. The molecule has 90 valence electrons. The van der Waals surface area contributed by atoms with Gasteiger partial charge in [0.25, 0.3) is 0 Å². The molecular weight excluding hydrogens is 258 g/mol. The zero-order chi connectivity index (χ0) is 12.3. The van der Waals surface area contributed by atoms with Crippen molar-refractivity contribution in [1.82, 2.24) is 0 Å². The van der Waals surface area contributed by atoms with Gasteiger partial charge in [0.15, 0.2) is 0 Å². The van der Waals surface area contributed by atoms with Crippen molar-refractivity contribution in [2.24, 2.45) is 5.14 Å². The minimum atomic E-state index is -3.87. The summed E-state index contributed by atoms with van der Waals surface area (Å²) < 4.78 is 25.8. The summed E-state index contributed by atoms with van der Waals surface area (Å²) in [4.78, 5) is 1.89. The normalized spacial score (nSPS) is 11.6. The smallest absolute Gasteiger partial charge is 0.253 e. The van der Waals surface area contributed by atoms with Crippen molar-refractivity contribution in [2.45, 2.75) is 6.61 Å². The van der Waals surface area contributed by atoms with E-state index in [1.807, 2.05) is 42.5 Å². The molecule has 0 aliphatic rings. The van der Waals surface area contributed by atoms with Crippen molar-refractivity contribution in [1.29, 1.82) is 0 Å². The van der Waals surface area contributed by atoms with Gasteiger partial charge in [0.2, 0.25) is 0 Å². The van der Waals surface area contributed by atoms with Gasteiger partial charge in [-0.3, -0.25) is 4.18 Å². The monoisotopic (exact) mass is 269 g/mol. The lowest BCUT2D eigenvalue weighted by Gasteiger charge is -1.97. The predicted molar refractivity (Wildman–Crippen MR) is 67.7 cm³/mol. The summed E-state index contributed by atoms with van der Waals surface area (Å²) in [5.41, 5.74) is 1.10. The lowest BCUT2D eigenvalue weighted by molar-refractivity contribution is 0.312. The van der Waals surface area contributed by atoms with Gasteiger partial charge < -0.3 is 0 Å². The first-order valence-corrected chi connectivity index (χ1v) is 7.15. The Hall–Kier alpha value is -1.21. The Bertz CT molecular complexity index is 590. The molecule has 0 amide bonds. The van der Waals surface area contributed by atoms with Crippen LogP contribution in [-0.4, -0.2) is 8.42 Å². The highest BCUT2D eigenvalue weighted by atomic mass is 32.2. The molecule has 2 rings (SSSR count). The standard InChI is InChI=1S/C11H11NO3S2/c12-17(13,14)15-8-10-6-7-11(16-10)9-4-2-1-3-5-9/h1-7H,8H2,(H2,12,13,14).